The van der Waals surface area contributed by atoms with E-state index in [-0.39, 0.29) is 11.0 Å². The summed E-state index contributed by atoms with van der Waals surface area (Å²) in [6.45, 7) is -3.79. The SMILES string of the molecule is [2H]C([2H])([2H])c1cc2c(oc3c(-c4cccc[n+]4C)c(C)ccc32)c(C([2H])([2H])[2H])c1F. The van der Waals surface area contributed by atoms with Crippen molar-refractivity contribution < 1.29 is 21.6 Å². The minimum absolute atomic E-state index is 0.152. The second kappa shape index (κ2) is 5.17. The van der Waals surface area contributed by atoms with Crippen molar-refractivity contribution >= 4 is 21.9 Å². The van der Waals surface area contributed by atoms with Gasteiger partial charge in [-0.05, 0) is 43.9 Å². The Kier molecular flexibility index (Phi) is 2.06. The van der Waals surface area contributed by atoms with Gasteiger partial charge in [0, 0.05) is 36.7 Å². The summed E-state index contributed by atoms with van der Waals surface area (Å²) < 4.78 is 69.4. The van der Waals surface area contributed by atoms with Crippen molar-refractivity contribution in [2.24, 2.45) is 7.05 Å². The normalized spacial score (nSPS) is 16.3. The molecule has 0 amide bonds. The lowest BCUT2D eigenvalue weighted by atomic mass is 9.99. The number of fused-ring (bicyclic) bond motifs is 3. The van der Waals surface area contributed by atoms with Crippen molar-refractivity contribution in [1.29, 1.82) is 0 Å². The minimum Gasteiger partial charge on any atom is -0.455 e. The van der Waals surface area contributed by atoms with Crippen LogP contribution in [0.3, 0.4) is 0 Å². The number of aryl methyl sites for hydroxylation is 4. The summed E-state index contributed by atoms with van der Waals surface area (Å²) in [5.41, 5.74) is 1.35. The highest BCUT2D eigenvalue weighted by molar-refractivity contribution is 6.10. The Morgan fingerprint density at radius 3 is 2.67 bits per heavy atom. The number of aromatic nitrogens is 1. The maximum atomic E-state index is 15.1. The molecule has 0 aliphatic carbocycles. The van der Waals surface area contributed by atoms with Gasteiger partial charge in [-0.3, -0.25) is 0 Å². The van der Waals surface area contributed by atoms with Crippen LogP contribution < -0.4 is 4.57 Å². The molecular formula is C21H19FNO+. The molecule has 120 valence electrons. The van der Waals surface area contributed by atoms with Crippen molar-refractivity contribution in [2.45, 2.75) is 20.6 Å². The summed E-state index contributed by atoms with van der Waals surface area (Å²) in [4.78, 5) is 0. The fourth-order valence-corrected chi connectivity index (χ4v) is 3.15. The van der Waals surface area contributed by atoms with E-state index in [1.54, 1.807) is 6.07 Å². The van der Waals surface area contributed by atoms with Crippen LogP contribution in [0.2, 0.25) is 0 Å². The van der Waals surface area contributed by atoms with Gasteiger partial charge in [0.2, 0.25) is 5.69 Å². The zero-order valence-electron chi connectivity index (χ0n) is 19.3. The first-order valence-corrected chi connectivity index (χ1v) is 7.55. The third-order valence-corrected chi connectivity index (χ3v) is 4.39. The zero-order valence-corrected chi connectivity index (χ0v) is 13.3. The Morgan fingerprint density at radius 2 is 1.92 bits per heavy atom. The van der Waals surface area contributed by atoms with Gasteiger partial charge in [0.15, 0.2) is 6.20 Å². The fourth-order valence-electron chi connectivity index (χ4n) is 3.15. The lowest BCUT2D eigenvalue weighted by molar-refractivity contribution is -0.660. The molecule has 4 aromatic rings. The molecule has 4 rings (SSSR count). The summed E-state index contributed by atoms with van der Waals surface area (Å²) in [6, 6.07) is 10.4. The predicted molar refractivity (Wildman–Crippen MR) is 94.5 cm³/mol. The van der Waals surface area contributed by atoms with Crippen molar-refractivity contribution in [3.63, 3.8) is 0 Å². The molecule has 2 heterocycles. The van der Waals surface area contributed by atoms with E-state index in [1.165, 1.54) is 6.07 Å². The highest BCUT2D eigenvalue weighted by atomic mass is 19.1. The van der Waals surface area contributed by atoms with Gasteiger partial charge in [0.1, 0.15) is 24.0 Å². The summed E-state index contributed by atoms with van der Waals surface area (Å²) in [5, 5.41) is 0.800. The Labute approximate surface area is 148 Å². The number of halogens is 1. The summed E-state index contributed by atoms with van der Waals surface area (Å²) in [7, 11) is 1.87. The number of benzene rings is 2. The quantitative estimate of drug-likeness (QED) is 0.443. The van der Waals surface area contributed by atoms with Crippen LogP contribution >= 0.6 is 0 Å². The van der Waals surface area contributed by atoms with Crippen LogP contribution in [0, 0.1) is 26.4 Å². The molecule has 0 spiro atoms. The van der Waals surface area contributed by atoms with Gasteiger partial charge in [-0.25, -0.2) is 8.96 Å². The van der Waals surface area contributed by atoms with Crippen LogP contribution in [0.25, 0.3) is 33.2 Å². The molecule has 0 unspecified atom stereocenters. The van der Waals surface area contributed by atoms with E-state index in [2.05, 4.69) is 0 Å². The number of pyridine rings is 1. The summed E-state index contributed by atoms with van der Waals surface area (Å²) in [5.74, 6) is -1.27. The second-order valence-electron chi connectivity index (χ2n) is 5.92. The fraction of sp³-hybridized carbons (Fsp3) is 0.190. The average molecular weight is 326 g/mol. The zero-order chi connectivity index (χ0) is 22.0. The molecule has 2 aromatic carbocycles. The van der Waals surface area contributed by atoms with Crippen molar-refractivity contribution in [2.75, 3.05) is 0 Å². The van der Waals surface area contributed by atoms with Gasteiger partial charge in [-0.2, -0.15) is 0 Å². The van der Waals surface area contributed by atoms with Crippen LogP contribution in [0.15, 0.2) is 47.0 Å². The number of hydrogen-bond donors (Lipinski definition) is 0. The number of hydrogen-bond acceptors (Lipinski definition) is 1. The second-order valence-corrected chi connectivity index (χ2v) is 5.92. The molecule has 0 aliphatic rings. The molecule has 3 heteroatoms. The molecule has 0 N–H and O–H groups in total. The van der Waals surface area contributed by atoms with Crippen LogP contribution in [0.5, 0.6) is 0 Å². The number of furan rings is 1. The first-order chi connectivity index (χ1) is 13.9. The monoisotopic (exact) mass is 326 g/mol. The van der Waals surface area contributed by atoms with Gasteiger partial charge in [0.25, 0.3) is 0 Å². The molecule has 0 atom stereocenters. The summed E-state index contributed by atoms with van der Waals surface area (Å²) in [6.07, 6.45) is 1.87. The highest BCUT2D eigenvalue weighted by Crippen LogP contribution is 2.39. The first-order valence-electron chi connectivity index (χ1n) is 10.6. The average Bonchev–Trinajstić information content (AvgIpc) is 2.97. The smallest absolute Gasteiger partial charge is 0.216 e. The van der Waals surface area contributed by atoms with Crippen LogP contribution in [0.1, 0.15) is 24.9 Å². The molecule has 2 nitrogen and oxygen atoms in total. The van der Waals surface area contributed by atoms with Crippen LogP contribution in [0.4, 0.5) is 4.39 Å². The molecule has 0 saturated carbocycles. The van der Waals surface area contributed by atoms with Crippen LogP contribution in [-0.2, 0) is 7.05 Å². The largest absolute Gasteiger partial charge is 0.455 e. The van der Waals surface area contributed by atoms with Crippen molar-refractivity contribution in [3.05, 3.63) is 65.1 Å². The van der Waals surface area contributed by atoms with Gasteiger partial charge < -0.3 is 4.42 Å². The lowest BCUT2D eigenvalue weighted by Crippen LogP contribution is -2.30. The van der Waals surface area contributed by atoms with Crippen molar-refractivity contribution in [3.8, 4) is 11.3 Å². The minimum atomic E-state index is -2.88. The van der Waals surface area contributed by atoms with Crippen LogP contribution in [-0.4, -0.2) is 0 Å². The number of nitrogens with zero attached hydrogens (tertiary/aromatic N) is 1. The lowest BCUT2D eigenvalue weighted by Gasteiger charge is -2.04. The van der Waals surface area contributed by atoms with E-state index >= 15 is 4.39 Å². The van der Waals surface area contributed by atoms with E-state index in [1.807, 2.05) is 49.0 Å². The first kappa shape index (κ1) is 9.58. The van der Waals surface area contributed by atoms with Gasteiger partial charge >= 0.3 is 0 Å². The summed E-state index contributed by atoms with van der Waals surface area (Å²) >= 11 is 0. The topological polar surface area (TPSA) is 17.0 Å². The Balaban J connectivity index is 2.22. The van der Waals surface area contributed by atoms with Crippen molar-refractivity contribution in [1.82, 2.24) is 0 Å². The highest BCUT2D eigenvalue weighted by Gasteiger charge is 2.21. The third kappa shape index (κ3) is 1.97. The Morgan fingerprint density at radius 1 is 1.04 bits per heavy atom. The van der Waals surface area contributed by atoms with E-state index in [4.69, 9.17) is 12.6 Å². The van der Waals surface area contributed by atoms with Gasteiger partial charge in [0.05, 0.1) is 5.56 Å². The van der Waals surface area contributed by atoms with E-state index < -0.39 is 30.6 Å². The Bertz CT molecular complexity index is 1300. The maximum Gasteiger partial charge on any atom is 0.216 e. The molecule has 0 fully saturated rings. The molecule has 0 bridgehead atoms. The molecule has 0 radical (unpaired) electrons. The van der Waals surface area contributed by atoms with E-state index in [0.717, 1.165) is 16.8 Å². The Hall–Kier alpha value is -2.68. The van der Waals surface area contributed by atoms with Gasteiger partial charge in [-0.15, -0.1) is 0 Å². The molecule has 0 saturated heterocycles. The van der Waals surface area contributed by atoms with Gasteiger partial charge in [-0.1, -0.05) is 12.1 Å². The molecule has 24 heavy (non-hydrogen) atoms. The predicted octanol–water partition coefficient (Wildman–Crippen LogP) is 5.14. The van der Waals surface area contributed by atoms with E-state index in [0.29, 0.717) is 11.0 Å². The number of rotatable bonds is 1. The molecular weight excluding hydrogens is 301 g/mol. The standard InChI is InChI=1S/C21H19FNO/c1-12-8-9-15-16-11-13(2)19(22)14(3)20(16)24-21(15)18(12)17-7-5-6-10-23(17)4/h5-11H,1-4H3/q+1/i2D3,3D3. The van der Waals surface area contributed by atoms with E-state index in [9.17, 15) is 0 Å². The third-order valence-electron chi connectivity index (χ3n) is 4.39. The maximum absolute atomic E-state index is 15.1. The molecule has 0 aliphatic heterocycles. The molecule has 2 aromatic heterocycles.